The number of pyridine rings is 1. The molecule has 4 heterocycles. The summed E-state index contributed by atoms with van der Waals surface area (Å²) in [5.74, 6) is 1.15. The van der Waals surface area contributed by atoms with Crippen molar-refractivity contribution >= 4 is 17.6 Å². The van der Waals surface area contributed by atoms with E-state index >= 15 is 0 Å². The Morgan fingerprint density at radius 1 is 1.14 bits per heavy atom. The summed E-state index contributed by atoms with van der Waals surface area (Å²) in [4.78, 5) is 33.9. The summed E-state index contributed by atoms with van der Waals surface area (Å²) in [6.07, 6.45) is 6.91. The highest BCUT2D eigenvalue weighted by molar-refractivity contribution is 5.99. The van der Waals surface area contributed by atoms with Crippen molar-refractivity contribution in [3.63, 3.8) is 0 Å². The molecule has 8 nitrogen and oxygen atoms in total. The molecule has 2 aromatic heterocycles. The quantitative estimate of drug-likeness (QED) is 0.868. The predicted octanol–water partition coefficient (Wildman–Crippen LogP) is 2.01. The van der Waals surface area contributed by atoms with Crippen molar-refractivity contribution in [2.75, 3.05) is 31.1 Å². The first-order valence-corrected chi connectivity index (χ1v) is 9.85. The van der Waals surface area contributed by atoms with E-state index < -0.39 is 0 Å². The molecular weight excluding hydrogens is 358 g/mol. The van der Waals surface area contributed by atoms with Gasteiger partial charge in [-0.1, -0.05) is 5.16 Å². The zero-order valence-electron chi connectivity index (χ0n) is 16.1. The molecule has 2 aromatic rings. The molecule has 1 N–H and O–H groups in total. The average molecular weight is 383 g/mol. The van der Waals surface area contributed by atoms with Gasteiger partial charge in [-0.25, -0.2) is 4.98 Å². The lowest BCUT2D eigenvalue weighted by atomic mass is 10.0. The van der Waals surface area contributed by atoms with Gasteiger partial charge in [-0.05, 0) is 44.7 Å². The lowest BCUT2D eigenvalue weighted by molar-refractivity contribution is 0.0698. The third-order valence-electron chi connectivity index (χ3n) is 5.54. The number of nitrogens with zero attached hydrogens (tertiary/aromatic N) is 4. The standard InChI is InChI=1S/C20H25N5O3/c1-14-17(13-22-28-14)19(26)23-15-6-11-25(12-7-15)20(27)16-5-4-8-21-18(16)24-9-2-3-10-24/h4-5,8,13,15H,2-3,6-7,9-12H2,1H3,(H,23,26). The molecular formula is C20H25N5O3. The number of piperidine rings is 1. The Balaban J connectivity index is 1.37. The second kappa shape index (κ2) is 8.00. The molecule has 0 saturated carbocycles. The summed E-state index contributed by atoms with van der Waals surface area (Å²) in [6, 6.07) is 3.73. The van der Waals surface area contributed by atoms with E-state index in [9.17, 15) is 9.59 Å². The van der Waals surface area contributed by atoms with Gasteiger partial charge in [-0.15, -0.1) is 0 Å². The Kier molecular flexibility index (Phi) is 5.27. The summed E-state index contributed by atoms with van der Waals surface area (Å²) in [6.45, 7) is 4.85. The Hall–Kier alpha value is -2.90. The fourth-order valence-corrected chi connectivity index (χ4v) is 3.92. The van der Waals surface area contributed by atoms with Crippen molar-refractivity contribution in [1.29, 1.82) is 0 Å². The molecule has 8 heteroatoms. The fourth-order valence-electron chi connectivity index (χ4n) is 3.92. The zero-order chi connectivity index (χ0) is 19.5. The number of aryl methyl sites for hydroxylation is 1. The number of amides is 2. The first kappa shape index (κ1) is 18.5. The molecule has 0 radical (unpaired) electrons. The number of likely N-dealkylation sites (tertiary alicyclic amines) is 1. The Morgan fingerprint density at radius 2 is 1.89 bits per heavy atom. The highest BCUT2D eigenvalue weighted by atomic mass is 16.5. The lowest BCUT2D eigenvalue weighted by Gasteiger charge is -2.33. The van der Waals surface area contributed by atoms with Crippen LogP contribution in [0.15, 0.2) is 29.0 Å². The third-order valence-corrected chi connectivity index (χ3v) is 5.54. The number of nitrogens with one attached hydrogen (secondary N) is 1. The van der Waals surface area contributed by atoms with Gasteiger partial charge in [0, 0.05) is 38.4 Å². The fraction of sp³-hybridized carbons (Fsp3) is 0.500. The average Bonchev–Trinajstić information content (AvgIpc) is 3.40. The van der Waals surface area contributed by atoms with Crippen LogP contribution < -0.4 is 10.2 Å². The summed E-state index contributed by atoms with van der Waals surface area (Å²) in [5, 5.41) is 6.67. The van der Waals surface area contributed by atoms with Crippen molar-refractivity contribution in [2.45, 2.75) is 38.6 Å². The highest BCUT2D eigenvalue weighted by Crippen LogP contribution is 2.24. The van der Waals surface area contributed by atoms with Crippen LogP contribution in [0, 0.1) is 6.92 Å². The smallest absolute Gasteiger partial charge is 0.257 e. The summed E-state index contributed by atoms with van der Waals surface area (Å²) < 4.78 is 4.95. The minimum Gasteiger partial charge on any atom is -0.361 e. The minimum atomic E-state index is -0.174. The molecule has 148 valence electrons. The third kappa shape index (κ3) is 3.72. The van der Waals surface area contributed by atoms with Crippen molar-refractivity contribution in [3.05, 3.63) is 41.4 Å². The summed E-state index contributed by atoms with van der Waals surface area (Å²) >= 11 is 0. The number of carbonyl (C=O) groups excluding carboxylic acids is 2. The van der Waals surface area contributed by atoms with Crippen LogP contribution in [0.2, 0.25) is 0 Å². The van der Waals surface area contributed by atoms with E-state index in [-0.39, 0.29) is 17.9 Å². The maximum absolute atomic E-state index is 13.1. The van der Waals surface area contributed by atoms with Crippen LogP contribution in [0.4, 0.5) is 5.82 Å². The first-order chi connectivity index (χ1) is 13.6. The lowest BCUT2D eigenvalue weighted by Crippen LogP contribution is -2.46. The summed E-state index contributed by atoms with van der Waals surface area (Å²) in [5.41, 5.74) is 1.14. The van der Waals surface area contributed by atoms with Crippen LogP contribution in [0.5, 0.6) is 0 Å². The topological polar surface area (TPSA) is 91.6 Å². The van der Waals surface area contributed by atoms with Crippen molar-refractivity contribution < 1.29 is 14.1 Å². The first-order valence-electron chi connectivity index (χ1n) is 9.85. The molecule has 4 rings (SSSR count). The van der Waals surface area contributed by atoms with E-state index in [1.165, 1.54) is 6.20 Å². The van der Waals surface area contributed by atoms with E-state index in [0.717, 1.165) is 44.6 Å². The molecule has 0 unspecified atom stereocenters. The molecule has 0 aliphatic carbocycles. The van der Waals surface area contributed by atoms with Gasteiger partial charge in [0.2, 0.25) is 0 Å². The van der Waals surface area contributed by atoms with Crippen molar-refractivity contribution in [1.82, 2.24) is 20.4 Å². The van der Waals surface area contributed by atoms with Gasteiger partial charge in [-0.2, -0.15) is 0 Å². The van der Waals surface area contributed by atoms with Crippen LogP contribution in [0.1, 0.15) is 52.2 Å². The number of hydrogen-bond acceptors (Lipinski definition) is 6. The molecule has 2 amide bonds. The van der Waals surface area contributed by atoms with Gasteiger partial charge in [0.1, 0.15) is 17.1 Å². The molecule has 2 aliphatic rings. The minimum absolute atomic E-state index is 0.0228. The van der Waals surface area contributed by atoms with E-state index in [4.69, 9.17) is 4.52 Å². The molecule has 0 spiro atoms. The van der Waals surface area contributed by atoms with Gasteiger partial charge >= 0.3 is 0 Å². The summed E-state index contributed by atoms with van der Waals surface area (Å²) in [7, 11) is 0. The second-order valence-corrected chi connectivity index (χ2v) is 7.40. The molecule has 2 saturated heterocycles. The zero-order valence-corrected chi connectivity index (χ0v) is 16.1. The Bertz CT molecular complexity index is 851. The molecule has 2 fully saturated rings. The van der Waals surface area contributed by atoms with Crippen LogP contribution in [0.25, 0.3) is 0 Å². The Morgan fingerprint density at radius 3 is 2.57 bits per heavy atom. The van der Waals surface area contributed by atoms with Gasteiger partial charge < -0.3 is 19.6 Å². The number of carbonyl (C=O) groups is 2. The van der Waals surface area contributed by atoms with Crippen LogP contribution in [0.3, 0.4) is 0 Å². The maximum atomic E-state index is 13.1. The number of rotatable bonds is 4. The van der Waals surface area contributed by atoms with Gasteiger partial charge in [-0.3, -0.25) is 9.59 Å². The SMILES string of the molecule is Cc1oncc1C(=O)NC1CCN(C(=O)c2cccnc2N2CCCC2)CC1. The van der Waals surface area contributed by atoms with E-state index in [2.05, 4.69) is 20.4 Å². The second-order valence-electron chi connectivity index (χ2n) is 7.40. The number of aromatic nitrogens is 2. The molecule has 0 atom stereocenters. The Labute approximate surface area is 163 Å². The van der Waals surface area contributed by atoms with Crippen LogP contribution >= 0.6 is 0 Å². The van der Waals surface area contributed by atoms with Gasteiger partial charge in [0.05, 0.1) is 11.8 Å². The predicted molar refractivity (Wildman–Crippen MR) is 103 cm³/mol. The van der Waals surface area contributed by atoms with Gasteiger partial charge in [0.15, 0.2) is 0 Å². The normalized spacial score (nSPS) is 17.8. The van der Waals surface area contributed by atoms with Gasteiger partial charge in [0.25, 0.3) is 11.8 Å². The van der Waals surface area contributed by atoms with Crippen molar-refractivity contribution in [2.24, 2.45) is 0 Å². The molecule has 2 aliphatic heterocycles. The maximum Gasteiger partial charge on any atom is 0.257 e. The van der Waals surface area contributed by atoms with Crippen LogP contribution in [-0.2, 0) is 0 Å². The molecule has 0 bridgehead atoms. The van der Waals surface area contributed by atoms with E-state index in [0.29, 0.717) is 30.0 Å². The van der Waals surface area contributed by atoms with Crippen molar-refractivity contribution in [3.8, 4) is 0 Å². The molecule has 0 aromatic carbocycles. The molecule has 28 heavy (non-hydrogen) atoms. The monoisotopic (exact) mass is 383 g/mol. The van der Waals surface area contributed by atoms with E-state index in [1.54, 1.807) is 13.1 Å². The number of anilines is 1. The highest BCUT2D eigenvalue weighted by Gasteiger charge is 2.28. The van der Waals surface area contributed by atoms with E-state index in [1.807, 2.05) is 17.0 Å². The largest absolute Gasteiger partial charge is 0.361 e. The number of hydrogen-bond donors (Lipinski definition) is 1. The van der Waals surface area contributed by atoms with Crippen LogP contribution in [-0.4, -0.2) is 59.1 Å².